The monoisotopic (exact) mass is 97.1 g/mol. The molecular weight excluding hydrogens is 90.1 g/mol. The zero-order valence-corrected chi connectivity index (χ0v) is 4.19. The summed E-state index contributed by atoms with van der Waals surface area (Å²) >= 11 is 0. The minimum absolute atomic E-state index is 0.252. The molecule has 1 amide bonds. The van der Waals surface area contributed by atoms with Crippen LogP contribution in [0, 0.1) is 0 Å². The van der Waals surface area contributed by atoms with E-state index in [0.29, 0.717) is 0 Å². The Morgan fingerprint density at radius 3 is 2.29 bits per heavy atom. The number of hydrogen-bond acceptors (Lipinski definition) is 1. The predicted molar refractivity (Wildman–Crippen MR) is 26.5 cm³/mol. The maximum absolute atomic E-state index is 10.1. The molecule has 7 heavy (non-hydrogen) atoms. The molecule has 1 aliphatic rings. The number of primary amides is 1. The van der Waals surface area contributed by atoms with E-state index in [1.807, 2.05) is 6.92 Å². The van der Waals surface area contributed by atoms with E-state index in [1.54, 1.807) is 0 Å². The molecule has 2 heteroatoms. The fourth-order valence-corrected chi connectivity index (χ4v) is 0.518. The van der Waals surface area contributed by atoms with Gasteiger partial charge in [-0.15, -0.1) is 0 Å². The van der Waals surface area contributed by atoms with Crippen molar-refractivity contribution in [3.63, 3.8) is 0 Å². The lowest BCUT2D eigenvalue weighted by Crippen LogP contribution is -2.07. The van der Waals surface area contributed by atoms with Gasteiger partial charge in [0.1, 0.15) is 0 Å². The molecule has 2 nitrogen and oxygen atoms in total. The first kappa shape index (κ1) is 4.37. The molecule has 0 aromatic rings. The van der Waals surface area contributed by atoms with Gasteiger partial charge in [0.05, 0.1) is 0 Å². The van der Waals surface area contributed by atoms with Crippen LogP contribution in [0.25, 0.3) is 0 Å². The van der Waals surface area contributed by atoms with Crippen LogP contribution in [-0.4, -0.2) is 5.91 Å². The van der Waals surface area contributed by atoms with E-state index in [-0.39, 0.29) is 5.91 Å². The zero-order chi connectivity index (χ0) is 5.44. The summed E-state index contributed by atoms with van der Waals surface area (Å²) in [6.07, 6.45) is 0.843. The van der Waals surface area contributed by atoms with Crippen LogP contribution in [0.2, 0.25) is 0 Å². The third kappa shape index (κ3) is 0.633. The largest absolute Gasteiger partial charge is 0.366 e. The Balaban J connectivity index is 2.62. The van der Waals surface area contributed by atoms with E-state index >= 15 is 0 Å². The third-order valence-corrected chi connectivity index (χ3v) is 1.13. The van der Waals surface area contributed by atoms with Gasteiger partial charge in [-0.05, 0) is 13.3 Å². The van der Waals surface area contributed by atoms with Crippen molar-refractivity contribution in [3.8, 4) is 0 Å². The second-order valence-electron chi connectivity index (χ2n) is 1.80. The van der Waals surface area contributed by atoms with Gasteiger partial charge in [0.2, 0.25) is 5.91 Å². The van der Waals surface area contributed by atoms with Gasteiger partial charge in [0, 0.05) is 5.57 Å². The summed E-state index contributed by atoms with van der Waals surface area (Å²) in [6.45, 7) is 1.92. The lowest BCUT2D eigenvalue weighted by atomic mass is 10.5. The zero-order valence-electron chi connectivity index (χ0n) is 4.19. The van der Waals surface area contributed by atoms with E-state index in [9.17, 15) is 4.79 Å². The Kier molecular flexibility index (Phi) is 0.680. The predicted octanol–water partition coefficient (Wildman–Crippen LogP) is 0.192. The molecular formula is C5H7NO. The molecule has 0 atom stereocenters. The van der Waals surface area contributed by atoms with Crippen LogP contribution in [-0.2, 0) is 4.79 Å². The summed E-state index contributed by atoms with van der Waals surface area (Å²) in [5.74, 6) is -0.252. The van der Waals surface area contributed by atoms with Gasteiger partial charge in [0.25, 0.3) is 0 Å². The van der Waals surface area contributed by atoms with Crippen LogP contribution in [0.3, 0.4) is 0 Å². The highest BCUT2D eigenvalue weighted by atomic mass is 16.1. The Morgan fingerprint density at radius 1 is 1.86 bits per heavy atom. The molecule has 0 bridgehead atoms. The third-order valence-electron chi connectivity index (χ3n) is 1.13. The Morgan fingerprint density at radius 2 is 2.29 bits per heavy atom. The van der Waals surface area contributed by atoms with E-state index in [2.05, 4.69) is 0 Å². The maximum atomic E-state index is 10.1. The first-order chi connectivity index (χ1) is 3.22. The molecule has 0 radical (unpaired) electrons. The standard InChI is InChI=1S/C5H7NO/c1-3-2-4(3)5(6)7/h2H2,1H3,(H2,6,7). The fourth-order valence-electron chi connectivity index (χ4n) is 0.518. The van der Waals surface area contributed by atoms with Gasteiger partial charge in [-0.2, -0.15) is 0 Å². The second-order valence-corrected chi connectivity index (χ2v) is 1.80. The highest BCUT2D eigenvalue weighted by Gasteiger charge is 2.20. The van der Waals surface area contributed by atoms with Crippen LogP contribution in [0.5, 0.6) is 0 Å². The van der Waals surface area contributed by atoms with Gasteiger partial charge in [-0.3, -0.25) is 4.79 Å². The lowest BCUT2D eigenvalue weighted by molar-refractivity contribution is -0.114. The lowest BCUT2D eigenvalue weighted by Gasteiger charge is -1.72. The second kappa shape index (κ2) is 1.09. The van der Waals surface area contributed by atoms with Crippen LogP contribution < -0.4 is 5.73 Å². The quantitative estimate of drug-likeness (QED) is 0.498. The summed E-state index contributed by atoms with van der Waals surface area (Å²) in [5.41, 5.74) is 6.86. The van der Waals surface area contributed by atoms with Gasteiger partial charge in [-0.1, -0.05) is 5.57 Å². The molecule has 0 heterocycles. The molecule has 0 aromatic carbocycles. The van der Waals surface area contributed by atoms with E-state index in [0.717, 1.165) is 17.6 Å². The van der Waals surface area contributed by atoms with Crippen molar-refractivity contribution < 1.29 is 4.79 Å². The summed E-state index contributed by atoms with van der Waals surface area (Å²) in [4.78, 5) is 10.1. The van der Waals surface area contributed by atoms with Crippen molar-refractivity contribution in [3.05, 3.63) is 11.1 Å². The van der Waals surface area contributed by atoms with Crippen molar-refractivity contribution in [1.82, 2.24) is 0 Å². The number of allylic oxidation sites excluding steroid dienone is 1. The SMILES string of the molecule is CC1=C(C(N)=O)C1. The van der Waals surface area contributed by atoms with Crippen molar-refractivity contribution in [2.45, 2.75) is 13.3 Å². The van der Waals surface area contributed by atoms with Gasteiger partial charge in [0.15, 0.2) is 0 Å². The molecule has 0 unspecified atom stereocenters. The number of rotatable bonds is 1. The number of nitrogens with two attached hydrogens (primary N) is 1. The summed E-state index contributed by atoms with van der Waals surface area (Å²) in [6, 6.07) is 0. The van der Waals surface area contributed by atoms with Crippen molar-refractivity contribution in [2.75, 3.05) is 0 Å². The number of hydrogen-bond donors (Lipinski definition) is 1. The molecule has 2 N–H and O–H groups in total. The minimum atomic E-state index is -0.252. The molecule has 38 valence electrons. The number of carbonyl (C=O) groups is 1. The molecule has 0 aromatic heterocycles. The number of amides is 1. The minimum Gasteiger partial charge on any atom is -0.366 e. The molecule has 0 spiro atoms. The van der Waals surface area contributed by atoms with Gasteiger partial charge in [-0.25, -0.2) is 0 Å². The average molecular weight is 97.1 g/mol. The highest BCUT2D eigenvalue weighted by Crippen LogP contribution is 2.28. The normalized spacial score (nSPS) is 17.3. The maximum Gasteiger partial charge on any atom is 0.244 e. The first-order valence-electron chi connectivity index (χ1n) is 2.20. The van der Waals surface area contributed by atoms with Crippen LogP contribution >= 0.6 is 0 Å². The van der Waals surface area contributed by atoms with Crippen molar-refractivity contribution in [2.24, 2.45) is 5.73 Å². The fraction of sp³-hybridized carbons (Fsp3) is 0.400. The highest BCUT2D eigenvalue weighted by molar-refractivity contribution is 5.97. The Labute approximate surface area is 42.0 Å². The smallest absolute Gasteiger partial charge is 0.244 e. The van der Waals surface area contributed by atoms with E-state index in [1.165, 1.54) is 0 Å². The summed E-state index contributed by atoms with van der Waals surface area (Å²) < 4.78 is 0. The molecule has 1 rings (SSSR count). The van der Waals surface area contributed by atoms with Crippen LogP contribution in [0.15, 0.2) is 11.1 Å². The first-order valence-corrected chi connectivity index (χ1v) is 2.20. The van der Waals surface area contributed by atoms with E-state index in [4.69, 9.17) is 5.73 Å². The summed E-state index contributed by atoms with van der Waals surface area (Å²) in [7, 11) is 0. The Hall–Kier alpha value is -0.790. The van der Waals surface area contributed by atoms with Gasteiger partial charge < -0.3 is 5.73 Å². The van der Waals surface area contributed by atoms with Crippen LogP contribution in [0.4, 0.5) is 0 Å². The molecule has 0 saturated heterocycles. The molecule has 0 saturated carbocycles. The molecule has 0 fully saturated rings. The average Bonchev–Trinajstić information content (AvgIpc) is 2.17. The number of carbonyl (C=O) groups excluding carboxylic acids is 1. The Bertz CT molecular complexity index is 141. The van der Waals surface area contributed by atoms with Crippen LogP contribution in [0.1, 0.15) is 13.3 Å². The molecule has 0 aliphatic heterocycles. The van der Waals surface area contributed by atoms with Gasteiger partial charge >= 0.3 is 0 Å². The van der Waals surface area contributed by atoms with Crippen molar-refractivity contribution >= 4 is 5.91 Å². The van der Waals surface area contributed by atoms with Crippen molar-refractivity contribution in [1.29, 1.82) is 0 Å². The van der Waals surface area contributed by atoms with E-state index < -0.39 is 0 Å². The summed E-state index contributed by atoms with van der Waals surface area (Å²) in [5, 5.41) is 0. The topological polar surface area (TPSA) is 43.1 Å². The molecule has 1 aliphatic carbocycles.